The summed E-state index contributed by atoms with van der Waals surface area (Å²) in [5, 5.41) is 2.87. The molecule has 1 aromatic carbocycles. The van der Waals surface area contributed by atoms with Crippen molar-refractivity contribution in [3.8, 4) is 0 Å². The second kappa shape index (κ2) is 5.44. The Balaban J connectivity index is 2.38. The number of alkyl halides is 3. The molecule has 1 unspecified atom stereocenters. The lowest BCUT2D eigenvalue weighted by molar-refractivity contribution is -0.139. The molecule has 110 valence electrons. The Morgan fingerprint density at radius 3 is 2.60 bits per heavy atom. The molecule has 0 aliphatic carbocycles. The first-order chi connectivity index (χ1) is 9.30. The Morgan fingerprint density at radius 2 is 2.00 bits per heavy atom. The highest BCUT2D eigenvalue weighted by molar-refractivity contribution is 5.81. The van der Waals surface area contributed by atoms with Crippen molar-refractivity contribution in [3.05, 3.63) is 35.4 Å². The van der Waals surface area contributed by atoms with Gasteiger partial charge < -0.3 is 4.90 Å². The van der Waals surface area contributed by atoms with Gasteiger partial charge in [0, 0.05) is 12.1 Å². The zero-order chi connectivity index (χ0) is 14.9. The van der Waals surface area contributed by atoms with Crippen LogP contribution in [-0.2, 0) is 11.0 Å². The van der Waals surface area contributed by atoms with E-state index < -0.39 is 17.9 Å². The van der Waals surface area contributed by atoms with Crippen LogP contribution in [0.15, 0.2) is 24.3 Å². The van der Waals surface area contributed by atoms with Crippen LogP contribution in [0.25, 0.3) is 0 Å². The monoisotopic (exact) mass is 286 g/mol. The predicted octanol–water partition coefficient (Wildman–Crippen LogP) is 2.79. The van der Waals surface area contributed by atoms with Crippen LogP contribution in [0, 0.1) is 5.92 Å². The minimum Gasteiger partial charge on any atom is -0.322 e. The Hall–Kier alpha value is -1.56. The number of carbonyl (C=O) groups is 1. The maximum Gasteiger partial charge on any atom is 0.416 e. The van der Waals surface area contributed by atoms with Crippen LogP contribution in [-0.4, -0.2) is 23.9 Å². The van der Waals surface area contributed by atoms with Gasteiger partial charge in [-0.05, 0) is 12.0 Å². The number of carbonyl (C=O) groups excluding carboxylic acids is 1. The molecule has 0 saturated carbocycles. The summed E-state index contributed by atoms with van der Waals surface area (Å²) in [7, 11) is 0. The van der Waals surface area contributed by atoms with E-state index in [0.29, 0.717) is 6.54 Å². The summed E-state index contributed by atoms with van der Waals surface area (Å²) in [6.07, 6.45) is -5.13. The standard InChI is InChI=1S/C14H17F3N2O/c1-9(2)8-19-12(20)7-18-13(19)10-5-3-4-6-11(10)14(15,16)17/h3-6,9,13,18H,7-8H2,1-2H3. The van der Waals surface area contributed by atoms with E-state index in [1.165, 1.54) is 17.0 Å². The van der Waals surface area contributed by atoms with E-state index in [2.05, 4.69) is 5.32 Å². The molecule has 1 amide bonds. The minimum atomic E-state index is -4.42. The summed E-state index contributed by atoms with van der Waals surface area (Å²) in [4.78, 5) is 13.3. The highest BCUT2D eigenvalue weighted by atomic mass is 19.4. The van der Waals surface area contributed by atoms with Crippen LogP contribution in [0.3, 0.4) is 0 Å². The largest absolute Gasteiger partial charge is 0.416 e. The van der Waals surface area contributed by atoms with E-state index in [4.69, 9.17) is 0 Å². The smallest absolute Gasteiger partial charge is 0.322 e. The van der Waals surface area contributed by atoms with Crippen molar-refractivity contribution in [2.24, 2.45) is 5.92 Å². The number of hydrogen-bond donors (Lipinski definition) is 1. The average Bonchev–Trinajstić information content (AvgIpc) is 2.69. The molecule has 1 N–H and O–H groups in total. The van der Waals surface area contributed by atoms with Gasteiger partial charge in [0.05, 0.1) is 12.1 Å². The number of hydrogen-bond acceptors (Lipinski definition) is 2. The molecule has 1 fully saturated rings. The number of halogens is 3. The third-order valence-electron chi connectivity index (χ3n) is 3.20. The van der Waals surface area contributed by atoms with Gasteiger partial charge in [0.25, 0.3) is 0 Å². The normalized spacial score (nSPS) is 20.0. The van der Waals surface area contributed by atoms with Crippen molar-refractivity contribution >= 4 is 5.91 Å². The Labute approximate surface area is 115 Å². The van der Waals surface area contributed by atoms with Crippen molar-refractivity contribution in [2.45, 2.75) is 26.2 Å². The first-order valence-corrected chi connectivity index (χ1v) is 6.49. The van der Waals surface area contributed by atoms with Crippen LogP contribution in [0.4, 0.5) is 13.2 Å². The van der Waals surface area contributed by atoms with E-state index in [0.717, 1.165) is 6.07 Å². The molecule has 0 bridgehead atoms. The summed E-state index contributed by atoms with van der Waals surface area (Å²) >= 11 is 0. The molecule has 1 saturated heterocycles. The van der Waals surface area contributed by atoms with Crippen LogP contribution < -0.4 is 5.32 Å². The lowest BCUT2D eigenvalue weighted by Crippen LogP contribution is -2.34. The number of nitrogens with zero attached hydrogens (tertiary/aromatic N) is 1. The van der Waals surface area contributed by atoms with Crippen LogP contribution >= 0.6 is 0 Å². The molecule has 1 atom stereocenters. The molecule has 3 nitrogen and oxygen atoms in total. The Kier molecular flexibility index (Phi) is 4.04. The molecule has 6 heteroatoms. The van der Waals surface area contributed by atoms with Gasteiger partial charge in [-0.15, -0.1) is 0 Å². The van der Waals surface area contributed by atoms with E-state index in [9.17, 15) is 18.0 Å². The van der Waals surface area contributed by atoms with Crippen molar-refractivity contribution in [3.63, 3.8) is 0 Å². The van der Waals surface area contributed by atoms with Crippen LogP contribution in [0.1, 0.15) is 31.1 Å². The first-order valence-electron chi connectivity index (χ1n) is 6.49. The fourth-order valence-electron chi connectivity index (χ4n) is 2.41. The minimum absolute atomic E-state index is 0.0730. The van der Waals surface area contributed by atoms with Crippen molar-refractivity contribution in [1.29, 1.82) is 0 Å². The number of nitrogens with one attached hydrogen (secondary N) is 1. The fourth-order valence-corrected chi connectivity index (χ4v) is 2.41. The number of amides is 1. The number of benzene rings is 1. The van der Waals surface area contributed by atoms with Gasteiger partial charge >= 0.3 is 6.18 Å². The second-order valence-corrected chi connectivity index (χ2v) is 5.31. The first kappa shape index (κ1) is 14.8. The van der Waals surface area contributed by atoms with E-state index in [1.807, 2.05) is 13.8 Å². The topological polar surface area (TPSA) is 32.3 Å². The van der Waals surface area contributed by atoms with E-state index in [-0.39, 0.29) is 23.9 Å². The zero-order valence-corrected chi connectivity index (χ0v) is 11.4. The summed E-state index contributed by atoms with van der Waals surface area (Å²) in [5.41, 5.74) is -0.590. The molecule has 1 heterocycles. The molecule has 20 heavy (non-hydrogen) atoms. The Bertz CT molecular complexity index is 499. The van der Waals surface area contributed by atoms with E-state index >= 15 is 0 Å². The molecule has 0 radical (unpaired) electrons. The van der Waals surface area contributed by atoms with Crippen LogP contribution in [0.5, 0.6) is 0 Å². The maximum atomic E-state index is 13.1. The van der Waals surface area contributed by atoms with Gasteiger partial charge in [0.15, 0.2) is 0 Å². The zero-order valence-electron chi connectivity index (χ0n) is 11.4. The molecule has 1 aromatic rings. The van der Waals surface area contributed by atoms with Gasteiger partial charge in [-0.3, -0.25) is 10.1 Å². The molecule has 1 aliphatic heterocycles. The molecule has 0 aromatic heterocycles. The summed E-state index contributed by atoms with van der Waals surface area (Å²) in [6, 6.07) is 5.39. The van der Waals surface area contributed by atoms with Crippen LogP contribution in [0.2, 0.25) is 0 Å². The molecule has 2 rings (SSSR count). The summed E-state index contributed by atoms with van der Waals surface area (Å²) < 4.78 is 39.2. The number of rotatable bonds is 3. The second-order valence-electron chi connectivity index (χ2n) is 5.31. The molecular weight excluding hydrogens is 269 g/mol. The third kappa shape index (κ3) is 2.95. The lowest BCUT2D eigenvalue weighted by atomic mass is 10.0. The van der Waals surface area contributed by atoms with Gasteiger partial charge in [0.2, 0.25) is 5.91 Å². The molecule has 0 spiro atoms. The van der Waals surface area contributed by atoms with Gasteiger partial charge in [0.1, 0.15) is 6.17 Å². The summed E-state index contributed by atoms with van der Waals surface area (Å²) in [5.74, 6) is 0.0278. The lowest BCUT2D eigenvalue weighted by Gasteiger charge is -2.28. The quantitative estimate of drug-likeness (QED) is 0.926. The van der Waals surface area contributed by atoms with Gasteiger partial charge in [-0.2, -0.15) is 13.2 Å². The van der Waals surface area contributed by atoms with Gasteiger partial charge in [-0.25, -0.2) is 0 Å². The van der Waals surface area contributed by atoms with E-state index in [1.54, 1.807) is 6.07 Å². The predicted molar refractivity (Wildman–Crippen MR) is 68.7 cm³/mol. The average molecular weight is 286 g/mol. The highest BCUT2D eigenvalue weighted by Gasteiger charge is 2.39. The summed E-state index contributed by atoms with van der Waals surface area (Å²) in [6.45, 7) is 4.36. The third-order valence-corrected chi connectivity index (χ3v) is 3.20. The van der Waals surface area contributed by atoms with Gasteiger partial charge in [-0.1, -0.05) is 32.0 Å². The maximum absolute atomic E-state index is 13.1. The molecule has 1 aliphatic rings. The SMILES string of the molecule is CC(C)CN1C(=O)CNC1c1ccccc1C(F)(F)F. The fraction of sp³-hybridized carbons (Fsp3) is 0.500. The van der Waals surface area contributed by atoms with Crippen molar-refractivity contribution in [2.75, 3.05) is 13.1 Å². The molecular formula is C14H17F3N2O. The van der Waals surface area contributed by atoms with Crippen molar-refractivity contribution < 1.29 is 18.0 Å². The van der Waals surface area contributed by atoms with Crippen molar-refractivity contribution in [1.82, 2.24) is 10.2 Å². The Morgan fingerprint density at radius 1 is 1.35 bits per heavy atom. The highest BCUT2D eigenvalue weighted by Crippen LogP contribution is 2.36.